The van der Waals surface area contributed by atoms with Crippen LogP contribution in [0.4, 0.5) is 5.82 Å². The number of aryl methyl sites for hydroxylation is 2. The van der Waals surface area contributed by atoms with Crippen molar-refractivity contribution in [3.8, 4) is 17.3 Å². The number of H-pyrrole nitrogens is 1. The summed E-state index contributed by atoms with van der Waals surface area (Å²) in [6.45, 7) is 3.77. The summed E-state index contributed by atoms with van der Waals surface area (Å²) in [6.07, 6.45) is 8.58. The fourth-order valence-corrected chi connectivity index (χ4v) is 3.46. The van der Waals surface area contributed by atoms with Crippen LogP contribution < -0.4 is 10.1 Å². The average molecular weight is 460 g/mol. The molecule has 1 aliphatic carbocycles. The second-order valence-electron chi connectivity index (χ2n) is 8.15. The Bertz CT molecular complexity index is 1300. The highest BCUT2D eigenvalue weighted by atomic mass is 16.5. The van der Waals surface area contributed by atoms with Crippen molar-refractivity contribution in [3.63, 3.8) is 0 Å². The van der Waals surface area contributed by atoms with Crippen LogP contribution in [-0.2, 0) is 9.53 Å². The molecule has 0 radical (unpaired) electrons. The highest BCUT2D eigenvalue weighted by molar-refractivity contribution is 5.94. The van der Waals surface area contributed by atoms with Gasteiger partial charge in [-0.2, -0.15) is 10.1 Å². The van der Waals surface area contributed by atoms with E-state index in [2.05, 4.69) is 40.4 Å². The summed E-state index contributed by atoms with van der Waals surface area (Å²) in [5.41, 5.74) is 2.77. The fraction of sp³-hybridized carbons (Fsp3) is 0.348. The Labute approximate surface area is 195 Å². The lowest BCUT2D eigenvalue weighted by molar-refractivity contribution is -0.128. The summed E-state index contributed by atoms with van der Waals surface area (Å²) in [6, 6.07) is 3.69. The molecule has 0 aromatic carbocycles. The number of carbonyl (C=O) groups is 1. The predicted octanol–water partition coefficient (Wildman–Crippen LogP) is 2.78. The number of anilines is 1. The van der Waals surface area contributed by atoms with Crippen molar-refractivity contribution in [1.82, 2.24) is 35.1 Å². The van der Waals surface area contributed by atoms with Crippen molar-refractivity contribution in [3.05, 3.63) is 48.3 Å². The predicted molar refractivity (Wildman–Crippen MR) is 123 cm³/mol. The Morgan fingerprint density at radius 3 is 2.79 bits per heavy atom. The van der Waals surface area contributed by atoms with E-state index in [1.165, 1.54) is 6.20 Å². The zero-order valence-electron chi connectivity index (χ0n) is 18.9. The minimum atomic E-state index is -0.973. The van der Waals surface area contributed by atoms with E-state index in [-0.39, 0.29) is 18.6 Å². The number of ether oxygens (including phenoxy) is 2. The third-order valence-corrected chi connectivity index (χ3v) is 5.64. The number of aromatic amines is 1. The summed E-state index contributed by atoms with van der Waals surface area (Å²) in [7, 11) is 0. The van der Waals surface area contributed by atoms with Gasteiger partial charge in [-0.1, -0.05) is 0 Å². The second-order valence-corrected chi connectivity index (χ2v) is 8.15. The lowest BCUT2D eigenvalue weighted by Crippen LogP contribution is -2.39. The van der Waals surface area contributed by atoms with Crippen molar-refractivity contribution in [2.24, 2.45) is 0 Å². The first-order valence-electron chi connectivity index (χ1n) is 11.1. The van der Waals surface area contributed by atoms with Crippen LogP contribution in [0.25, 0.3) is 22.4 Å². The fourth-order valence-electron chi connectivity index (χ4n) is 3.46. The molecule has 2 N–H and O–H groups in total. The van der Waals surface area contributed by atoms with Crippen molar-refractivity contribution in [1.29, 1.82) is 0 Å². The minimum absolute atomic E-state index is 0.0698. The molecule has 4 heterocycles. The lowest BCUT2D eigenvalue weighted by Gasteiger charge is -2.27. The molecule has 1 saturated carbocycles. The number of amides is 1. The largest absolute Gasteiger partial charge is 0.461 e. The number of hydrogen-bond donors (Lipinski definition) is 2. The number of fused-ring (bicyclic) bond motifs is 1. The smallest absolute Gasteiger partial charge is 0.269 e. The van der Waals surface area contributed by atoms with Crippen molar-refractivity contribution >= 4 is 22.8 Å². The van der Waals surface area contributed by atoms with Crippen LogP contribution in [-0.4, -0.2) is 59.8 Å². The summed E-state index contributed by atoms with van der Waals surface area (Å²) < 4.78 is 12.1. The van der Waals surface area contributed by atoms with Gasteiger partial charge in [-0.25, -0.2) is 9.97 Å². The zero-order chi connectivity index (χ0) is 23.5. The highest BCUT2D eigenvalue weighted by Crippen LogP contribution is 2.28. The normalized spacial score (nSPS) is 14.5. The summed E-state index contributed by atoms with van der Waals surface area (Å²) >= 11 is 0. The Morgan fingerprint density at radius 2 is 2.06 bits per heavy atom. The summed E-state index contributed by atoms with van der Waals surface area (Å²) in [5.74, 6) is 0.563. The van der Waals surface area contributed by atoms with Crippen LogP contribution in [0.1, 0.15) is 30.7 Å². The van der Waals surface area contributed by atoms with E-state index < -0.39 is 12.0 Å². The van der Waals surface area contributed by atoms with Gasteiger partial charge in [0, 0.05) is 17.5 Å². The molecule has 1 fully saturated rings. The SMILES string of the molecule is Cc1cnc(NC(=O)[C@H](COC2CCC2)Oc2nc(-c3cccnc3C)nc3[nH]ncc23)cn1. The van der Waals surface area contributed by atoms with Crippen LogP contribution in [0.5, 0.6) is 5.88 Å². The lowest BCUT2D eigenvalue weighted by atomic mass is 9.96. The number of nitrogens with zero attached hydrogens (tertiary/aromatic N) is 6. The molecule has 0 spiro atoms. The van der Waals surface area contributed by atoms with E-state index in [1.54, 1.807) is 18.6 Å². The molecular weight excluding hydrogens is 436 g/mol. The van der Waals surface area contributed by atoms with Crippen LogP contribution in [0, 0.1) is 13.8 Å². The quantitative estimate of drug-likeness (QED) is 0.406. The molecule has 1 atom stereocenters. The van der Waals surface area contributed by atoms with E-state index in [0.29, 0.717) is 22.7 Å². The van der Waals surface area contributed by atoms with Gasteiger partial charge in [-0.3, -0.25) is 19.9 Å². The van der Waals surface area contributed by atoms with Gasteiger partial charge in [-0.05, 0) is 45.2 Å². The van der Waals surface area contributed by atoms with Gasteiger partial charge in [0.2, 0.25) is 12.0 Å². The Balaban J connectivity index is 1.45. The number of nitrogens with one attached hydrogen (secondary N) is 2. The van der Waals surface area contributed by atoms with Gasteiger partial charge in [0.15, 0.2) is 17.3 Å². The maximum absolute atomic E-state index is 13.1. The third kappa shape index (κ3) is 4.69. The molecular formula is C23H24N8O3. The number of hydrogen-bond acceptors (Lipinski definition) is 9. The first-order valence-corrected chi connectivity index (χ1v) is 11.1. The molecule has 0 aliphatic heterocycles. The van der Waals surface area contributed by atoms with Crippen molar-refractivity contribution in [2.75, 3.05) is 11.9 Å². The van der Waals surface area contributed by atoms with E-state index in [4.69, 9.17) is 9.47 Å². The van der Waals surface area contributed by atoms with Crippen LogP contribution >= 0.6 is 0 Å². The second kappa shape index (κ2) is 9.48. The molecule has 0 unspecified atom stereocenters. The van der Waals surface area contributed by atoms with Crippen LogP contribution in [0.3, 0.4) is 0 Å². The molecule has 34 heavy (non-hydrogen) atoms. The monoisotopic (exact) mass is 460 g/mol. The Kier molecular flexibility index (Phi) is 6.09. The van der Waals surface area contributed by atoms with Gasteiger partial charge in [0.25, 0.3) is 5.91 Å². The molecule has 11 nitrogen and oxygen atoms in total. The molecule has 0 bridgehead atoms. The maximum Gasteiger partial charge on any atom is 0.269 e. The standard InChI is InChI=1S/C23H24N8O3/c1-13-9-26-19(11-25-13)28-22(32)18(12-33-15-5-3-6-15)34-23-17-10-27-31-21(17)29-20(30-23)16-7-4-8-24-14(16)2/h4,7-11,15,18H,3,5-6,12H2,1-2H3,(H,26,28,32)(H,27,29,30,31)/t18-/m0/s1. The Morgan fingerprint density at radius 1 is 1.18 bits per heavy atom. The van der Waals surface area contributed by atoms with Gasteiger partial charge >= 0.3 is 0 Å². The molecule has 5 rings (SSSR count). The number of aromatic nitrogens is 7. The molecule has 11 heteroatoms. The van der Waals surface area contributed by atoms with E-state index >= 15 is 0 Å². The molecule has 0 saturated heterocycles. The highest BCUT2D eigenvalue weighted by Gasteiger charge is 2.27. The zero-order valence-corrected chi connectivity index (χ0v) is 18.9. The molecule has 4 aromatic rings. The topological polar surface area (TPSA) is 141 Å². The number of pyridine rings is 1. The van der Waals surface area contributed by atoms with Gasteiger partial charge in [-0.15, -0.1) is 0 Å². The van der Waals surface area contributed by atoms with E-state index in [0.717, 1.165) is 36.2 Å². The minimum Gasteiger partial charge on any atom is -0.461 e. The molecule has 174 valence electrons. The molecule has 4 aromatic heterocycles. The first-order chi connectivity index (χ1) is 16.6. The van der Waals surface area contributed by atoms with Crippen molar-refractivity contribution in [2.45, 2.75) is 45.3 Å². The third-order valence-electron chi connectivity index (χ3n) is 5.64. The van der Waals surface area contributed by atoms with Gasteiger partial charge < -0.3 is 14.8 Å². The number of carbonyl (C=O) groups excluding carboxylic acids is 1. The number of rotatable bonds is 8. The van der Waals surface area contributed by atoms with Crippen LogP contribution in [0.15, 0.2) is 36.9 Å². The van der Waals surface area contributed by atoms with E-state index in [9.17, 15) is 4.79 Å². The van der Waals surface area contributed by atoms with Crippen molar-refractivity contribution < 1.29 is 14.3 Å². The van der Waals surface area contributed by atoms with Gasteiger partial charge in [0.1, 0.15) is 5.39 Å². The maximum atomic E-state index is 13.1. The molecule has 1 amide bonds. The summed E-state index contributed by atoms with van der Waals surface area (Å²) in [5, 5.41) is 10.2. The van der Waals surface area contributed by atoms with E-state index in [1.807, 2.05) is 26.0 Å². The average Bonchev–Trinajstić information content (AvgIpc) is 3.28. The first kappa shape index (κ1) is 21.8. The van der Waals surface area contributed by atoms with Gasteiger partial charge in [0.05, 0.1) is 37.0 Å². The summed E-state index contributed by atoms with van der Waals surface area (Å²) in [4.78, 5) is 35.0. The molecule has 1 aliphatic rings. The van der Waals surface area contributed by atoms with Crippen LogP contribution in [0.2, 0.25) is 0 Å². The Hall–Kier alpha value is -3.99.